The zero-order valence-corrected chi connectivity index (χ0v) is 16.1. The molecule has 0 saturated heterocycles. The van der Waals surface area contributed by atoms with E-state index in [9.17, 15) is 0 Å². The molecule has 4 N–H and O–H groups in total. The molecule has 136 valence electrons. The lowest BCUT2D eigenvalue weighted by Gasteiger charge is -2.19. The minimum Gasteiger partial charge on any atom is -0.329 e. The first-order valence-electron chi connectivity index (χ1n) is 7.01. The van der Waals surface area contributed by atoms with Gasteiger partial charge in [-0.25, -0.2) is 0 Å². The summed E-state index contributed by atoms with van der Waals surface area (Å²) in [6.07, 6.45) is 8.06. The van der Waals surface area contributed by atoms with E-state index in [4.69, 9.17) is 69.7 Å². The summed E-state index contributed by atoms with van der Waals surface area (Å²) in [6.45, 7) is 0.372. The third-order valence-electron chi connectivity index (χ3n) is 2.78. The molecular formula is C12H25Cl4NO4S. The van der Waals surface area contributed by atoms with Gasteiger partial charge >= 0.3 is 10.4 Å². The molecule has 0 heterocycles. The van der Waals surface area contributed by atoms with E-state index >= 15 is 0 Å². The maximum atomic E-state index is 8.74. The van der Waals surface area contributed by atoms with Crippen LogP contribution in [0.15, 0.2) is 0 Å². The van der Waals surface area contributed by atoms with E-state index in [1.54, 1.807) is 0 Å². The van der Waals surface area contributed by atoms with Gasteiger partial charge in [-0.3, -0.25) is 9.11 Å². The molecule has 0 aromatic heterocycles. The zero-order chi connectivity index (χ0) is 17.6. The lowest BCUT2D eigenvalue weighted by atomic mass is 10.1. The van der Waals surface area contributed by atoms with Gasteiger partial charge in [0.1, 0.15) is 0 Å². The van der Waals surface area contributed by atoms with Gasteiger partial charge in [0.15, 0.2) is 0 Å². The average Bonchev–Trinajstić information content (AvgIpc) is 2.42. The normalized spacial score (nSPS) is 15.6. The van der Waals surface area contributed by atoms with Crippen molar-refractivity contribution < 1.29 is 17.5 Å². The molecule has 0 amide bonds. The fraction of sp³-hybridized carbons (Fsp3) is 1.00. The Morgan fingerprint density at radius 2 is 1.27 bits per heavy atom. The Hall–Kier alpha value is 0.990. The van der Waals surface area contributed by atoms with Gasteiger partial charge in [-0.2, -0.15) is 8.42 Å². The fourth-order valence-corrected chi connectivity index (χ4v) is 2.65. The summed E-state index contributed by atoms with van der Waals surface area (Å²) >= 11 is 23.8. The van der Waals surface area contributed by atoms with E-state index in [1.807, 2.05) is 0 Å². The first-order chi connectivity index (χ1) is 10.1. The fourth-order valence-electron chi connectivity index (χ4n) is 1.66. The second kappa shape index (κ2) is 15.5. The maximum Gasteiger partial charge on any atom is 0.394 e. The first-order valence-corrected chi connectivity index (χ1v) is 10.3. The second-order valence-corrected chi connectivity index (χ2v) is 7.66. The highest BCUT2D eigenvalue weighted by Crippen LogP contribution is 2.23. The minimum absolute atomic E-state index is 0.0782. The third-order valence-corrected chi connectivity index (χ3v) is 4.85. The van der Waals surface area contributed by atoms with Crippen molar-refractivity contribution in [2.75, 3.05) is 12.4 Å². The molecule has 5 nitrogen and oxygen atoms in total. The highest BCUT2D eigenvalue weighted by atomic mass is 35.5. The van der Waals surface area contributed by atoms with Gasteiger partial charge in [0.25, 0.3) is 0 Å². The summed E-state index contributed by atoms with van der Waals surface area (Å²) in [5, 5.41) is -0.548. The number of alkyl halides is 4. The van der Waals surface area contributed by atoms with Crippen LogP contribution in [0.1, 0.15) is 44.9 Å². The highest BCUT2D eigenvalue weighted by molar-refractivity contribution is 7.79. The Bertz CT molecular complexity index is 338. The monoisotopic (exact) mass is 419 g/mol. The predicted octanol–water partition coefficient (Wildman–Crippen LogP) is 4.08. The number of hydrogen-bond acceptors (Lipinski definition) is 3. The first kappa shape index (κ1) is 25.2. The number of halogens is 4. The smallest absolute Gasteiger partial charge is 0.329 e. The van der Waals surface area contributed by atoms with Crippen molar-refractivity contribution in [2.24, 2.45) is 5.73 Å². The number of nitrogens with two attached hydrogens (primary N) is 1. The van der Waals surface area contributed by atoms with E-state index < -0.39 is 10.4 Å². The summed E-state index contributed by atoms with van der Waals surface area (Å²) in [5.74, 6) is 0.772. The van der Waals surface area contributed by atoms with Crippen LogP contribution < -0.4 is 5.73 Å². The van der Waals surface area contributed by atoms with E-state index in [-0.39, 0.29) is 16.1 Å². The maximum absolute atomic E-state index is 8.74. The molecule has 0 aromatic rings. The molecule has 10 heteroatoms. The highest BCUT2D eigenvalue weighted by Gasteiger charge is 2.23. The summed E-state index contributed by atoms with van der Waals surface area (Å²) < 4.78 is 31.6. The van der Waals surface area contributed by atoms with Crippen LogP contribution in [0, 0.1) is 0 Å². The zero-order valence-electron chi connectivity index (χ0n) is 12.3. The lowest BCUT2D eigenvalue weighted by Crippen LogP contribution is -2.31. The summed E-state index contributed by atoms with van der Waals surface area (Å²) in [5.41, 5.74) is 5.45. The molecule has 0 saturated carbocycles. The quantitative estimate of drug-likeness (QED) is 0.265. The molecule has 0 aromatic carbocycles. The van der Waals surface area contributed by atoms with E-state index in [1.165, 1.54) is 25.7 Å². The average molecular weight is 421 g/mol. The Morgan fingerprint density at radius 3 is 1.68 bits per heavy atom. The van der Waals surface area contributed by atoms with Crippen LogP contribution in [0.3, 0.4) is 0 Å². The Morgan fingerprint density at radius 1 is 0.864 bits per heavy atom. The molecule has 0 radical (unpaired) electrons. The van der Waals surface area contributed by atoms with Crippen LogP contribution in [0.2, 0.25) is 0 Å². The van der Waals surface area contributed by atoms with Crippen molar-refractivity contribution in [3.05, 3.63) is 0 Å². The van der Waals surface area contributed by atoms with Crippen LogP contribution in [0.4, 0.5) is 0 Å². The molecule has 0 aliphatic carbocycles. The Kier molecular flexibility index (Phi) is 17.8. The molecule has 0 spiro atoms. The van der Waals surface area contributed by atoms with E-state index in [2.05, 4.69) is 0 Å². The van der Waals surface area contributed by atoms with Gasteiger partial charge in [0.2, 0.25) is 0 Å². The van der Waals surface area contributed by atoms with Gasteiger partial charge in [-0.05, 0) is 12.8 Å². The molecule has 22 heavy (non-hydrogen) atoms. The van der Waals surface area contributed by atoms with Gasteiger partial charge in [-0.1, -0.05) is 32.1 Å². The van der Waals surface area contributed by atoms with Crippen LogP contribution in [0.25, 0.3) is 0 Å². The lowest BCUT2D eigenvalue weighted by molar-refractivity contribution is 0.381. The van der Waals surface area contributed by atoms with Gasteiger partial charge in [0, 0.05) is 12.4 Å². The topological polar surface area (TPSA) is 101 Å². The number of unbranched alkanes of at least 4 members (excludes halogenated alkanes) is 5. The molecule has 3 atom stereocenters. The Labute approximate surface area is 153 Å². The standard InChI is InChI=1S/C12H23Cl4N.H2O4S/c13-8-6-4-2-1-3-5-7-10(14)12(16)11(15)9-17;1-5(2,3)4/h10-12H,1-9,17H2;(H2,1,2,3,4). The molecule has 0 aliphatic rings. The van der Waals surface area contributed by atoms with Gasteiger partial charge in [-0.15, -0.1) is 46.4 Å². The van der Waals surface area contributed by atoms with Crippen molar-refractivity contribution in [1.29, 1.82) is 0 Å². The summed E-state index contributed by atoms with van der Waals surface area (Å²) in [7, 11) is -4.67. The Balaban J connectivity index is 0. The van der Waals surface area contributed by atoms with Gasteiger partial charge in [0.05, 0.1) is 16.1 Å². The molecule has 0 rings (SSSR count). The second-order valence-electron chi connectivity index (χ2n) is 4.76. The predicted molar refractivity (Wildman–Crippen MR) is 95.2 cm³/mol. The molecule has 0 fully saturated rings. The van der Waals surface area contributed by atoms with E-state index in [0.29, 0.717) is 6.54 Å². The number of rotatable bonds is 11. The summed E-state index contributed by atoms with van der Waals surface area (Å²) in [4.78, 5) is 0. The minimum atomic E-state index is -4.67. The molecular weight excluding hydrogens is 396 g/mol. The number of hydrogen-bond donors (Lipinski definition) is 3. The van der Waals surface area contributed by atoms with E-state index in [0.717, 1.165) is 25.1 Å². The van der Waals surface area contributed by atoms with Crippen LogP contribution in [0.5, 0.6) is 0 Å². The van der Waals surface area contributed by atoms with Gasteiger partial charge < -0.3 is 5.73 Å². The van der Waals surface area contributed by atoms with Crippen LogP contribution in [-0.2, 0) is 10.4 Å². The molecule has 0 bridgehead atoms. The van der Waals surface area contributed by atoms with Crippen molar-refractivity contribution >= 4 is 56.8 Å². The van der Waals surface area contributed by atoms with Crippen LogP contribution >= 0.6 is 46.4 Å². The van der Waals surface area contributed by atoms with Crippen molar-refractivity contribution in [2.45, 2.75) is 61.1 Å². The van der Waals surface area contributed by atoms with Crippen LogP contribution in [-0.4, -0.2) is 46.1 Å². The van der Waals surface area contributed by atoms with Crippen molar-refractivity contribution in [1.82, 2.24) is 0 Å². The SMILES string of the molecule is NCC(Cl)C(Cl)C(Cl)CCCCCCCCCl.O=S(=O)(O)O. The van der Waals surface area contributed by atoms with Crippen molar-refractivity contribution in [3.8, 4) is 0 Å². The largest absolute Gasteiger partial charge is 0.394 e. The van der Waals surface area contributed by atoms with Crippen molar-refractivity contribution in [3.63, 3.8) is 0 Å². The molecule has 0 aliphatic heterocycles. The summed E-state index contributed by atoms with van der Waals surface area (Å²) in [6, 6.07) is 0. The third kappa shape index (κ3) is 21.0. The molecule has 3 unspecified atom stereocenters.